The molecule has 0 amide bonds. The molecule has 0 spiro atoms. The largest absolute Gasteiger partial charge is 0.384 e. The maximum absolute atomic E-state index is 5.66. The molecule has 0 aliphatic heterocycles. The number of nitrogens with zero attached hydrogens (tertiary/aromatic N) is 3. The van der Waals surface area contributed by atoms with Gasteiger partial charge in [-0.25, -0.2) is 9.97 Å². The van der Waals surface area contributed by atoms with Crippen molar-refractivity contribution in [3.63, 3.8) is 0 Å². The molecule has 0 bridgehead atoms. The Bertz CT molecular complexity index is 523. The smallest absolute Gasteiger partial charge is 0.144 e. The fourth-order valence-electron chi connectivity index (χ4n) is 1.75. The summed E-state index contributed by atoms with van der Waals surface area (Å²) in [6.45, 7) is 5.02. The molecule has 96 valence electrons. The zero-order valence-electron chi connectivity index (χ0n) is 10.9. The van der Waals surface area contributed by atoms with Crippen molar-refractivity contribution in [2.75, 3.05) is 12.8 Å². The number of aromatic nitrogens is 2. The van der Waals surface area contributed by atoms with E-state index in [2.05, 4.69) is 47.9 Å². The second-order valence-electron chi connectivity index (χ2n) is 4.44. The Kier molecular flexibility index (Phi) is 3.93. The SMILES string of the molecule is Cc1ccc([C@H](C)N(C)Cc2nccc(N)n2)s1. The molecule has 0 aromatic carbocycles. The van der Waals surface area contributed by atoms with Gasteiger partial charge in [0.25, 0.3) is 0 Å². The van der Waals surface area contributed by atoms with Gasteiger partial charge in [-0.15, -0.1) is 11.3 Å². The minimum Gasteiger partial charge on any atom is -0.384 e. The van der Waals surface area contributed by atoms with Gasteiger partial charge < -0.3 is 5.73 Å². The summed E-state index contributed by atoms with van der Waals surface area (Å²) in [6, 6.07) is 6.40. The normalized spacial score (nSPS) is 12.9. The Balaban J connectivity index is 2.05. The van der Waals surface area contributed by atoms with Crippen molar-refractivity contribution in [2.45, 2.75) is 26.4 Å². The summed E-state index contributed by atoms with van der Waals surface area (Å²) in [4.78, 5) is 13.4. The van der Waals surface area contributed by atoms with Crippen molar-refractivity contribution in [1.29, 1.82) is 0 Å². The maximum atomic E-state index is 5.66. The summed E-state index contributed by atoms with van der Waals surface area (Å²) in [5.41, 5.74) is 5.66. The van der Waals surface area contributed by atoms with Crippen LogP contribution < -0.4 is 5.73 Å². The Morgan fingerprint density at radius 3 is 2.78 bits per heavy atom. The zero-order chi connectivity index (χ0) is 13.1. The van der Waals surface area contributed by atoms with Crippen molar-refractivity contribution in [3.8, 4) is 0 Å². The third kappa shape index (κ3) is 3.05. The third-order valence-electron chi connectivity index (χ3n) is 2.95. The summed E-state index contributed by atoms with van der Waals surface area (Å²) in [5, 5.41) is 0. The molecule has 5 heteroatoms. The van der Waals surface area contributed by atoms with E-state index >= 15 is 0 Å². The van der Waals surface area contributed by atoms with Crippen LogP contribution in [0.5, 0.6) is 0 Å². The minimum absolute atomic E-state index is 0.355. The summed E-state index contributed by atoms with van der Waals surface area (Å²) in [6.07, 6.45) is 1.70. The van der Waals surface area contributed by atoms with Gasteiger partial charge in [0.05, 0.1) is 6.54 Å². The number of hydrogen-bond donors (Lipinski definition) is 1. The van der Waals surface area contributed by atoms with Gasteiger partial charge in [0.2, 0.25) is 0 Å². The van der Waals surface area contributed by atoms with Gasteiger partial charge in [-0.3, -0.25) is 4.90 Å². The van der Waals surface area contributed by atoms with Crippen LogP contribution in [-0.2, 0) is 6.54 Å². The van der Waals surface area contributed by atoms with Gasteiger partial charge in [0.15, 0.2) is 0 Å². The highest BCUT2D eigenvalue weighted by molar-refractivity contribution is 7.12. The molecule has 0 radical (unpaired) electrons. The first kappa shape index (κ1) is 13.0. The van der Waals surface area contributed by atoms with E-state index in [9.17, 15) is 0 Å². The molecular weight excluding hydrogens is 244 g/mol. The molecule has 2 aromatic heterocycles. The highest BCUT2D eigenvalue weighted by atomic mass is 32.1. The number of rotatable bonds is 4. The molecule has 0 aliphatic rings. The van der Waals surface area contributed by atoms with Gasteiger partial charge in [0, 0.05) is 22.0 Å². The molecule has 2 rings (SSSR count). The molecule has 1 atom stereocenters. The van der Waals surface area contributed by atoms with Crippen molar-refractivity contribution >= 4 is 17.2 Å². The predicted molar refractivity (Wildman–Crippen MR) is 75.4 cm³/mol. The fraction of sp³-hybridized carbons (Fsp3) is 0.385. The number of nitrogen functional groups attached to an aromatic ring is 1. The lowest BCUT2D eigenvalue weighted by molar-refractivity contribution is 0.250. The number of aryl methyl sites for hydroxylation is 1. The van der Waals surface area contributed by atoms with Gasteiger partial charge in [-0.2, -0.15) is 0 Å². The van der Waals surface area contributed by atoms with Crippen molar-refractivity contribution in [2.24, 2.45) is 0 Å². The average molecular weight is 262 g/mol. The molecule has 0 saturated heterocycles. The molecule has 0 fully saturated rings. The second kappa shape index (κ2) is 5.46. The quantitative estimate of drug-likeness (QED) is 0.920. The topological polar surface area (TPSA) is 55.0 Å². The lowest BCUT2D eigenvalue weighted by Crippen LogP contribution is -2.22. The van der Waals surface area contributed by atoms with Crippen LogP contribution in [0.4, 0.5) is 5.82 Å². The van der Waals surface area contributed by atoms with Crippen LogP contribution in [-0.4, -0.2) is 21.9 Å². The van der Waals surface area contributed by atoms with Crippen LogP contribution in [0.25, 0.3) is 0 Å². The van der Waals surface area contributed by atoms with E-state index in [1.807, 2.05) is 11.3 Å². The molecule has 18 heavy (non-hydrogen) atoms. The van der Waals surface area contributed by atoms with E-state index in [1.165, 1.54) is 9.75 Å². The van der Waals surface area contributed by atoms with E-state index < -0.39 is 0 Å². The standard InChI is InChI=1S/C13H18N4S/c1-9-4-5-11(18-9)10(2)17(3)8-13-15-7-6-12(14)16-13/h4-7,10H,8H2,1-3H3,(H2,14,15,16)/t10-/m0/s1. The highest BCUT2D eigenvalue weighted by Crippen LogP contribution is 2.26. The number of anilines is 1. The maximum Gasteiger partial charge on any atom is 0.144 e. The first-order valence-corrected chi connectivity index (χ1v) is 6.72. The molecule has 0 unspecified atom stereocenters. The van der Waals surface area contributed by atoms with E-state index in [0.29, 0.717) is 18.4 Å². The molecule has 2 aromatic rings. The van der Waals surface area contributed by atoms with Crippen molar-refractivity contribution in [3.05, 3.63) is 40.0 Å². The van der Waals surface area contributed by atoms with Crippen LogP contribution >= 0.6 is 11.3 Å². The summed E-state index contributed by atoms with van der Waals surface area (Å²) >= 11 is 1.83. The average Bonchev–Trinajstić information content (AvgIpc) is 2.75. The minimum atomic E-state index is 0.355. The van der Waals surface area contributed by atoms with Gasteiger partial charge in [-0.05, 0) is 39.1 Å². The van der Waals surface area contributed by atoms with E-state index in [0.717, 1.165) is 5.82 Å². The molecule has 2 N–H and O–H groups in total. The highest BCUT2D eigenvalue weighted by Gasteiger charge is 2.14. The van der Waals surface area contributed by atoms with Crippen LogP contribution in [0, 0.1) is 6.92 Å². The van der Waals surface area contributed by atoms with Crippen LogP contribution in [0.2, 0.25) is 0 Å². The lowest BCUT2D eigenvalue weighted by Gasteiger charge is -2.22. The number of thiophene rings is 1. The van der Waals surface area contributed by atoms with E-state index in [-0.39, 0.29) is 0 Å². The predicted octanol–water partition coefficient (Wildman–Crippen LogP) is 2.62. The van der Waals surface area contributed by atoms with Crippen molar-refractivity contribution in [1.82, 2.24) is 14.9 Å². The lowest BCUT2D eigenvalue weighted by atomic mass is 10.2. The van der Waals surface area contributed by atoms with E-state index in [4.69, 9.17) is 5.73 Å². The Morgan fingerprint density at radius 1 is 1.39 bits per heavy atom. The molecule has 2 heterocycles. The Hall–Kier alpha value is -1.46. The third-order valence-corrected chi connectivity index (χ3v) is 4.12. The molecular formula is C13H18N4S. The molecule has 0 aliphatic carbocycles. The van der Waals surface area contributed by atoms with E-state index in [1.54, 1.807) is 12.3 Å². The summed E-state index contributed by atoms with van der Waals surface area (Å²) in [5.74, 6) is 1.28. The Morgan fingerprint density at radius 2 is 2.17 bits per heavy atom. The Labute approximate surface area is 111 Å². The molecule has 4 nitrogen and oxygen atoms in total. The number of hydrogen-bond acceptors (Lipinski definition) is 5. The number of nitrogens with two attached hydrogens (primary N) is 1. The summed E-state index contributed by atoms with van der Waals surface area (Å²) < 4.78 is 0. The van der Waals surface area contributed by atoms with Crippen LogP contribution in [0.3, 0.4) is 0 Å². The van der Waals surface area contributed by atoms with Crippen LogP contribution in [0.15, 0.2) is 24.4 Å². The van der Waals surface area contributed by atoms with Crippen LogP contribution in [0.1, 0.15) is 28.5 Å². The van der Waals surface area contributed by atoms with Gasteiger partial charge in [-0.1, -0.05) is 0 Å². The van der Waals surface area contributed by atoms with Gasteiger partial charge >= 0.3 is 0 Å². The van der Waals surface area contributed by atoms with Gasteiger partial charge in [0.1, 0.15) is 11.6 Å². The summed E-state index contributed by atoms with van der Waals surface area (Å²) in [7, 11) is 2.08. The first-order chi connectivity index (χ1) is 8.56. The first-order valence-electron chi connectivity index (χ1n) is 5.90. The molecule has 0 saturated carbocycles. The monoisotopic (exact) mass is 262 g/mol. The second-order valence-corrected chi connectivity index (χ2v) is 5.76. The van der Waals surface area contributed by atoms with Crippen molar-refractivity contribution < 1.29 is 0 Å². The fourth-order valence-corrected chi connectivity index (χ4v) is 2.74. The zero-order valence-corrected chi connectivity index (χ0v) is 11.7.